The van der Waals surface area contributed by atoms with Gasteiger partial charge in [-0.25, -0.2) is 0 Å². The summed E-state index contributed by atoms with van der Waals surface area (Å²) >= 11 is 0. The Hall–Kier alpha value is -2.09. The first-order valence-electron chi connectivity index (χ1n) is 7.68. The van der Waals surface area contributed by atoms with Crippen LogP contribution in [0.3, 0.4) is 0 Å². The first-order valence-corrected chi connectivity index (χ1v) is 7.68. The molecule has 0 spiro atoms. The summed E-state index contributed by atoms with van der Waals surface area (Å²) < 4.78 is 5.99. The lowest BCUT2D eigenvalue weighted by molar-refractivity contribution is 0.0849. The van der Waals surface area contributed by atoms with Crippen LogP contribution >= 0.6 is 0 Å². The summed E-state index contributed by atoms with van der Waals surface area (Å²) in [5.74, 6) is 1.40. The van der Waals surface area contributed by atoms with E-state index in [0.717, 1.165) is 37.0 Å². The number of fused-ring (bicyclic) bond motifs is 2. The van der Waals surface area contributed by atoms with Crippen molar-refractivity contribution in [2.45, 2.75) is 31.8 Å². The fraction of sp³-hybridized carbons (Fsp3) is 0.316. The van der Waals surface area contributed by atoms with Gasteiger partial charge in [0.25, 0.3) is 0 Å². The molecule has 0 fully saturated rings. The number of carbonyl (C=O) groups excluding carboxylic acids is 1. The summed E-state index contributed by atoms with van der Waals surface area (Å²) in [5.41, 5.74) is 3.39. The number of para-hydroxylation sites is 1. The Morgan fingerprint density at radius 1 is 1.00 bits per heavy atom. The van der Waals surface area contributed by atoms with E-state index in [9.17, 15) is 4.79 Å². The predicted octanol–water partition coefficient (Wildman–Crippen LogP) is 3.83. The zero-order valence-corrected chi connectivity index (χ0v) is 11.9. The van der Waals surface area contributed by atoms with Crippen LogP contribution in [0.2, 0.25) is 0 Å². The predicted molar refractivity (Wildman–Crippen MR) is 81.8 cm³/mol. The third-order valence-electron chi connectivity index (χ3n) is 4.68. The van der Waals surface area contributed by atoms with E-state index in [0.29, 0.717) is 5.78 Å². The van der Waals surface area contributed by atoms with E-state index in [1.54, 1.807) is 0 Å². The number of Topliss-reactive ketones (excluding diaryl/α,β-unsaturated/α-hetero) is 1. The quantitative estimate of drug-likeness (QED) is 0.834. The molecule has 106 valence electrons. The second-order valence-electron chi connectivity index (χ2n) is 6.04. The molecule has 2 unspecified atom stereocenters. The van der Waals surface area contributed by atoms with Gasteiger partial charge in [0.15, 0.2) is 5.78 Å². The highest BCUT2D eigenvalue weighted by molar-refractivity contribution is 6.00. The summed E-state index contributed by atoms with van der Waals surface area (Å²) in [6, 6.07) is 16.2. The van der Waals surface area contributed by atoms with Crippen molar-refractivity contribution in [3.05, 3.63) is 65.2 Å². The molecule has 4 rings (SSSR count). The maximum Gasteiger partial charge on any atom is 0.166 e. The molecule has 2 aromatic rings. The Morgan fingerprint density at radius 2 is 1.76 bits per heavy atom. The molecule has 0 aromatic heterocycles. The first kappa shape index (κ1) is 12.6. The number of benzene rings is 2. The van der Waals surface area contributed by atoms with E-state index in [2.05, 4.69) is 12.1 Å². The standard InChI is InChI=1S/C19H18O2/c20-19-15(10-9-13-5-1-3-7-17(13)19)12-16-11-14-6-2-4-8-18(14)21-16/h1-8,15-16H,9-12H2. The molecule has 1 heterocycles. The Morgan fingerprint density at radius 3 is 2.62 bits per heavy atom. The fourth-order valence-corrected chi connectivity index (χ4v) is 3.59. The van der Waals surface area contributed by atoms with Crippen LogP contribution in [0.5, 0.6) is 5.75 Å². The van der Waals surface area contributed by atoms with Crippen LogP contribution in [0.15, 0.2) is 48.5 Å². The lowest BCUT2D eigenvalue weighted by atomic mass is 9.80. The zero-order chi connectivity index (χ0) is 14.2. The van der Waals surface area contributed by atoms with Gasteiger partial charge in [0.2, 0.25) is 0 Å². The zero-order valence-electron chi connectivity index (χ0n) is 11.9. The number of rotatable bonds is 2. The molecular formula is C19H18O2. The van der Waals surface area contributed by atoms with Gasteiger partial charge in [-0.05, 0) is 36.5 Å². The van der Waals surface area contributed by atoms with E-state index >= 15 is 0 Å². The molecule has 2 nitrogen and oxygen atoms in total. The van der Waals surface area contributed by atoms with Crippen LogP contribution in [-0.2, 0) is 12.8 Å². The monoisotopic (exact) mass is 278 g/mol. The maximum absolute atomic E-state index is 12.6. The SMILES string of the molecule is O=C1c2ccccc2CCC1CC1Cc2ccccc2O1. The molecule has 2 aliphatic rings. The summed E-state index contributed by atoms with van der Waals surface area (Å²) in [6.45, 7) is 0. The third kappa shape index (κ3) is 2.25. The van der Waals surface area contributed by atoms with Crippen molar-refractivity contribution in [3.63, 3.8) is 0 Å². The minimum absolute atomic E-state index is 0.110. The van der Waals surface area contributed by atoms with Gasteiger partial charge >= 0.3 is 0 Å². The van der Waals surface area contributed by atoms with Crippen molar-refractivity contribution in [3.8, 4) is 5.75 Å². The van der Waals surface area contributed by atoms with Crippen LogP contribution < -0.4 is 4.74 Å². The normalized spacial score (nSPS) is 23.3. The first-order chi connectivity index (χ1) is 10.3. The number of aryl methyl sites for hydroxylation is 1. The van der Waals surface area contributed by atoms with Gasteiger partial charge < -0.3 is 4.74 Å². The number of carbonyl (C=O) groups is 1. The molecule has 0 radical (unpaired) electrons. The van der Waals surface area contributed by atoms with E-state index in [1.807, 2.05) is 36.4 Å². The van der Waals surface area contributed by atoms with Gasteiger partial charge in [0.1, 0.15) is 11.9 Å². The van der Waals surface area contributed by atoms with Crippen molar-refractivity contribution in [1.82, 2.24) is 0 Å². The van der Waals surface area contributed by atoms with Crippen molar-refractivity contribution in [2.75, 3.05) is 0 Å². The Labute approximate surface area is 124 Å². The lowest BCUT2D eigenvalue weighted by Gasteiger charge is -2.25. The summed E-state index contributed by atoms with van der Waals surface area (Å²) in [7, 11) is 0. The van der Waals surface area contributed by atoms with E-state index < -0.39 is 0 Å². The number of ketones is 1. The van der Waals surface area contributed by atoms with E-state index in [4.69, 9.17) is 4.74 Å². The molecule has 1 aliphatic heterocycles. The second-order valence-corrected chi connectivity index (χ2v) is 6.04. The van der Waals surface area contributed by atoms with Crippen molar-refractivity contribution in [1.29, 1.82) is 0 Å². The molecule has 1 aliphatic carbocycles. The highest BCUT2D eigenvalue weighted by Crippen LogP contribution is 2.34. The number of hydrogen-bond donors (Lipinski definition) is 0. The Kier molecular flexibility index (Phi) is 3.03. The average molecular weight is 278 g/mol. The molecule has 0 bridgehead atoms. The topological polar surface area (TPSA) is 26.3 Å². The fourth-order valence-electron chi connectivity index (χ4n) is 3.59. The lowest BCUT2D eigenvalue weighted by Crippen LogP contribution is -2.28. The highest BCUT2D eigenvalue weighted by Gasteiger charge is 2.32. The van der Waals surface area contributed by atoms with E-state index in [1.165, 1.54) is 11.1 Å². The average Bonchev–Trinajstić information content (AvgIpc) is 2.93. The molecule has 2 heteroatoms. The number of hydrogen-bond acceptors (Lipinski definition) is 2. The van der Waals surface area contributed by atoms with Crippen LogP contribution in [-0.4, -0.2) is 11.9 Å². The second kappa shape index (κ2) is 5.03. The van der Waals surface area contributed by atoms with Gasteiger partial charge in [-0.1, -0.05) is 42.5 Å². The largest absolute Gasteiger partial charge is 0.490 e. The minimum atomic E-state index is 0.110. The molecule has 0 saturated heterocycles. The summed E-state index contributed by atoms with van der Waals surface area (Å²) in [5, 5.41) is 0. The molecule has 0 N–H and O–H groups in total. The van der Waals surface area contributed by atoms with E-state index in [-0.39, 0.29) is 12.0 Å². The Bertz CT molecular complexity index is 664. The molecule has 2 aromatic carbocycles. The molecule has 2 atom stereocenters. The van der Waals surface area contributed by atoms with Crippen molar-refractivity contribution < 1.29 is 9.53 Å². The molecular weight excluding hydrogens is 260 g/mol. The van der Waals surface area contributed by atoms with Gasteiger partial charge in [-0.2, -0.15) is 0 Å². The molecule has 0 saturated carbocycles. The molecule has 0 amide bonds. The van der Waals surface area contributed by atoms with Gasteiger partial charge in [0.05, 0.1) is 0 Å². The van der Waals surface area contributed by atoms with Gasteiger partial charge in [0, 0.05) is 17.9 Å². The van der Waals surface area contributed by atoms with Crippen LogP contribution in [0.25, 0.3) is 0 Å². The maximum atomic E-state index is 12.6. The minimum Gasteiger partial charge on any atom is -0.490 e. The van der Waals surface area contributed by atoms with Crippen LogP contribution in [0.1, 0.15) is 34.3 Å². The summed E-state index contributed by atoms with van der Waals surface area (Å²) in [6.07, 6.45) is 3.88. The van der Waals surface area contributed by atoms with Gasteiger partial charge in [-0.15, -0.1) is 0 Å². The van der Waals surface area contributed by atoms with Crippen molar-refractivity contribution in [2.24, 2.45) is 5.92 Å². The van der Waals surface area contributed by atoms with Crippen molar-refractivity contribution >= 4 is 5.78 Å². The van der Waals surface area contributed by atoms with Gasteiger partial charge in [-0.3, -0.25) is 4.79 Å². The smallest absolute Gasteiger partial charge is 0.166 e. The summed E-state index contributed by atoms with van der Waals surface area (Å²) in [4.78, 5) is 12.6. The molecule has 21 heavy (non-hydrogen) atoms. The third-order valence-corrected chi connectivity index (χ3v) is 4.68. The highest BCUT2D eigenvalue weighted by atomic mass is 16.5. The van der Waals surface area contributed by atoms with Crippen LogP contribution in [0.4, 0.5) is 0 Å². The van der Waals surface area contributed by atoms with Crippen LogP contribution in [0, 0.1) is 5.92 Å². The number of ether oxygens (including phenoxy) is 1. The Balaban J connectivity index is 1.49.